The van der Waals surface area contributed by atoms with Crippen LogP contribution in [0.25, 0.3) is 11.0 Å². The van der Waals surface area contributed by atoms with E-state index in [0.29, 0.717) is 13.0 Å². The van der Waals surface area contributed by atoms with Gasteiger partial charge in [0.05, 0.1) is 5.52 Å². The van der Waals surface area contributed by atoms with Crippen LogP contribution in [0.3, 0.4) is 0 Å². The smallest absolute Gasteiger partial charge is 0.403 e. The summed E-state index contributed by atoms with van der Waals surface area (Å²) < 4.78 is 42.0. The zero-order chi connectivity index (χ0) is 26.6. The number of amides is 4. The van der Waals surface area contributed by atoms with Crippen molar-refractivity contribution >= 4 is 34.7 Å². The molecular formula is C22H27F3N6O5. The third-order valence-corrected chi connectivity index (χ3v) is 5.59. The van der Waals surface area contributed by atoms with E-state index in [0.717, 1.165) is 6.07 Å². The molecule has 0 saturated carbocycles. The lowest BCUT2D eigenvalue weighted by Crippen LogP contribution is -2.54. The lowest BCUT2D eigenvalue weighted by molar-refractivity contribution is -0.274. The summed E-state index contributed by atoms with van der Waals surface area (Å²) in [5.41, 5.74) is 5.33. The molecular weight excluding hydrogens is 485 g/mol. The molecule has 1 aromatic heterocycles. The highest BCUT2D eigenvalue weighted by Gasteiger charge is 2.34. The summed E-state index contributed by atoms with van der Waals surface area (Å²) in [4.78, 5) is 56.2. The van der Waals surface area contributed by atoms with Gasteiger partial charge in [-0.3, -0.25) is 19.2 Å². The van der Waals surface area contributed by atoms with E-state index in [2.05, 4.69) is 30.7 Å². The Morgan fingerprint density at radius 3 is 2.53 bits per heavy atom. The van der Waals surface area contributed by atoms with Crippen LogP contribution in [0.2, 0.25) is 0 Å². The molecule has 2 aromatic rings. The zero-order valence-electron chi connectivity index (χ0n) is 19.6. The predicted molar refractivity (Wildman–Crippen MR) is 120 cm³/mol. The van der Waals surface area contributed by atoms with E-state index < -0.39 is 47.8 Å². The fraction of sp³-hybridized carbons (Fsp3) is 0.500. The summed E-state index contributed by atoms with van der Waals surface area (Å²) in [6, 6.07) is 1.52. The molecule has 36 heavy (non-hydrogen) atoms. The highest BCUT2D eigenvalue weighted by molar-refractivity contribution is 5.98. The number of fused-ring (bicyclic) bond motifs is 1. The number of aromatic amines is 1. The van der Waals surface area contributed by atoms with Gasteiger partial charge in [-0.25, -0.2) is 4.98 Å². The molecule has 3 atom stereocenters. The van der Waals surface area contributed by atoms with Crippen molar-refractivity contribution in [1.82, 2.24) is 25.9 Å². The van der Waals surface area contributed by atoms with Gasteiger partial charge in [0.2, 0.25) is 17.7 Å². The number of imidazole rings is 1. The number of carbonyl (C=O) groups is 4. The van der Waals surface area contributed by atoms with Crippen molar-refractivity contribution in [3.05, 3.63) is 24.0 Å². The van der Waals surface area contributed by atoms with Crippen molar-refractivity contribution in [1.29, 1.82) is 0 Å². The number of H-pyrrole nitrogens is 1. The first kappa shape index (κ1) is 26.8. The average molecular weight is 512 g/mol. The minimum absolute atomic E-state index is 0.0147. The van der Waals surface area contributed by atoms with Gasteiger partial charge in [0.1, 0.15) is 17.6 Å². The number of halogens is 3. The fourth-order valence-corrected chi connectivity index (χ4v) is 3.92. The molecule has 196 valence electrons. The van der Waals surface area contributed by atoms with Crippen molar-refractivity contribution in [2.75, 3.05) is 6.54 Å². The zero-order valence-corrected chi connectivity index (χ0v) is 19.6. The minimum Gasteiger partial charge on any atom is -0.403 e. The molecule has 3 unspecified atom stereocenters. The molecule has 11 nitrogen and oxygen atoms in total. The predicted octanol–water partition coefficient (Wildman–Crippen LogP) is 1.10. The van der Waals surface area contributed by atoms with Crippen molar-refractivity contribution in [2.24, 2.45) is 17.6 Å². The number of para-hydroxylation sites is 1. The van der Waals surface area contributed by atoms with Crippen LogP contribution in [0.4, 0.5) is 13.2 Å². The summed E-state index contributed by atoms with van der Waals surface area (Å²) in [6.07, 6.45) is -4.26. The van der Waals surface area contributed by atoms with E-state index in [9.17, 15) is 32.3 Å². The SMILES string of the molecule is CC(C)CC(NC(=O)c1nc2c(OC(F)(F)F)cccc2[nH]1)C(=O)NC(CC1CCNC1=O)C(N)=O. The Balaban J connectivity index is 1.76. The number of hydrogen-bond acceptors (Lipinski definition) is 6. The Labute approximate surface area is 203 Å². The molecule has 4 amide bonds. The Kier molecular flexibility index (Phi) is 8.05. The highest BCUT2D eigenvalue weighted by Crippen LogP contribution is 2.29. The first-order valence-corrected chi connectivity index (χ1v) is 11.3. The Morgan fingerprint density at radius 1 is 1.22 bits per heavy atom. The second-order valence-corrected chi connectivity index (χ2v) is 8.92. The third kappa shape index (κ3) is 6.86. The van der Waals surface area contributed by atoms with Gasteiger partial charge in [-0.15, -0.1) is 13.2 Å². The maximum atomic E-state index is 13.0. The van der Waals surface area contributed by atoms with Crippen LogP contribution in [0.1, 0.15) is 43.7 Å². The van der Waals surface area contributed by atoms with Crippen LogP contribution in [0.5, 0.6) is 5.75 Å². The standard InChI is InChI=1S/C22H27F3N6O5/c1-10(2)8-14(20(34)29-13(17(26)32)9-11-6-7-27-19(11)33)30-21(35)18-28-12-4-3-5-15(16(12)31-18)36-22(23,24)25/h3-5,10-11,13-14H,6-9H2,1-2H3,(H2,26,32)(H,27,33)(H,28,31)(H,29,34)(H,30,35). The molecule has 1 aliphatic rings. The van der Waals surface area contributed by atoms with E-state index in [1.54, 1.807) is 0 Å². The van der Waals surface area contributed by atoms with Gasteiger partial charge in [0.15, 0.2) is 11.6 Å². The Bertz CT molecular complexity index is 1150. The molecule has 1 aromatic carbocycles. The van der Waals surface area contributed by atoms with Gasteiger partial charge in [-0.2, -0.15) is 0 Å². The number of primary amides is 1. The molecule has 3 rings (SSSR count). The number of ether oxygens (including phenoxy) is 1. The average Bonchev–Trinajstić information content (AvgIpc) is 3.38. The third-order valence-electron chi connectivity index (χ3n) is 5.59. The van der Waals surface area contributed by atoms with Gasteiger partial charge in [-0.05, 0) is 37.3 Å². The number of aromatic nitrogens is 2. The van der Waals surface area contributed by atoms with Crippen LogP contribution < -0.4 is 26.4 Å². The van der Waals surface area contributed by atoms with Gasteiger partial charge in [0.25, 0.3) is 5.91 Å². The highest BCUT2D eigenvalue weighted by atomic mass is 19.4. The molecule has 1 fully saturated rings. The van der Waals surface area contributed by atoms with E-state index in [1.807, 2.05) is 13.8 Å². The number of nitrogens with two attached hydrogens (primary N) is 1. The molecule has 14 heteroatoms. The number of carbonyl (C=O) groups excluding carboxylic acids is 4. The lowest BCUT2D eigenvalue weighted by Gasteiger charge is -2.23. The summed E-state index contributed by atoms with van der Waals surface area (Å²) in [6.45, 7) is 4.08. The van der Waals surface area contributed by atoms with Gasteiger partial charge >= 0.3 is 6.36 Å². The normalized spacial score (nSPS) is 17.5. The number of alkyl halides is 3. The first-order valence-electron chi connectivity index (χ1n) is 11.3. The topological polar surface area (TPSA) is 168 Å². The van der Waals surface area contributed by atoms with Crippen molar-refractivity contribution in [2.45, 2.75) is 51.6 Å². The van der Waals surface area contributed by atoms with Crippen molar-refractivity contribution < 1.29 is 37.1 Å². The molecule has 0 aliphatic carbocycles. The Morgan fingerprint density at radius 2 is 1.94 bits per heavy atom. The van der Waals surface area contributed by atoms with Crippen LogP contribution in [-0.2, 0) is 14.4 Å². The summed E-state index contributed by atoms with van der Waals surface area (Å²) in [5, 5.41) is 7.65. The van der Waals surface area contributed by atoms with Crippen LogP contribution in [-0.4, -0.2) is 58.6 Å². The lowest BCUT2D eigenvalue weighted by atomic mass is 9.97. The summed E-state index contributed by atoms with van der Waals surface area (Å²) in [7, 11) is 0. The molecule has 1 aliphatic heterocycles. The second-order valence-electron chi connectivity index (χ2n) is 8.92. The van der Waals surface area contributed by atoms with Gasteiger partial charge < -0.3 is 31.4 Å². The largest absolute Gasteiger partial charge is 0.573 e. The summed E-state index contributed by atoms with van der Waals surface area (Å²) >= 11 is 0. The van der Waals surface area contributed by atoms with Gasteiger partial charge in [-0.1, -0.05) is 19.9 Å². The molecule has 1 saturated heterocycles. The molecule has 0 radical (unpaired) electrons. The molecule has 0 spiro atoms. The maximum Gasteiger partial charge on any atom is 0.573 e. The molecule has 2 heterocycles. The van der Waals surface area contributed by atoms with Crippen LogP contribution in [0, 0.1) is 11.8 Å². The number of nitrogens with zero attached hydrogens (tertiary/aromatic N) is 1. The first-order chi connectivity index (χ1) is 16.8. The molecule has 0 bridgehead atoms. The Hall–Kier alpha value is -3.84. The second kappa shape index (κ2) is 10.8. The minimum atomic E-state index is -4.95. The van der Waals surface area contributed by atoms with E-state index in [1.165, 1.54) is 12.1 Å². The number of hydrogen-bond donors (Lipinski definition) is 5. The summed E-state index contributed by atoms with van der Waals surface area (Å²) in [5.74, 6) is -4.08. The van der Waals surface area contributed by atoms with Gasteiger partial charge in [0, 0.05) is 12.5 Å². The number of rotatable bonds is 10. The maximum absolute atomic E-state index is 13.0. The van der Waals surface area contributed by atoms with Crippen molar-refractivity contribution in [3.63, 3.8) is 0 Å². The van der Waals surface area contributed by atoms with Crippen molar-refractivity contribution in [3.8, 4) is 5.75 Å². The number of nitrogens with one attached hydrogen (secondary N) is 4. The quantitative estimate of drug-likeness (QED) is 0.319. The van der Waals surface area contributed by atoms with E-state index in [-0.39, 0.29) is 41.5 Å². The molecule has 6 N–H and O–H groups in total. The fourth-order valence-electron chi connectivity index (χ4n) is 3.92. The number of benzene rings is 1. The van der Waals surface area contributed by atoms with Crippen LogP contribution >= 0.6 is 0 Å². The van der Waals surface area contributed by atoms with E-state index in [4.69, 9.17) is 5.73 Å². The van der Waals surface area contributed by atoms with E-state index >= 15 is 0 Å². The monoisotopic (exact) mass is 512 g/mol. The van der Waals surface area contributed by atoms with Crippen LogP contribution in [0.15, 0.2) is 18.2 Å².